The molecule has 0 spiro atoms. The van der Waals surface area contributed by atoms with Gasteiger partial charge < -0.3 is 9.88 Å². The average molecular weight is 274 g/mol. The maximum absolute atomic E-state index is 3.70. The number of hydrogen-bond donors (Lipinski definition) is 1. The monoisotopic (exact) mass is 274 g/mol. The Hall–Kier alpha value is -2.32. The summed E-state index contributed by atoms with van der Waals surface area (Å²) in [5.41, 5.74) is 6.52. The molecule has 1 aromatic heterocycles. The molecular weight excluding hydrogens is 256 g/mol. The molecule has 0 amide bonds. The molecule has 0 radical (unpaired) electrons. The van der Waals surface area contributed by atoms with Crippen molar-refractivity contribution in [3.05, 3.63) is 89.2 Å². The van der Waals surface area contributed by atoms with E-state index >= 15 is 0 Å². The van der Waals surface area contributed by atoms with Gasteiger partial charge in [0.15, 0.2) is 0 Å². The first-order valence-electron chi connectivity index (χ1n) is 7.38. The summed E-state index contributed by atoms with van der Waals surface area (Å²) in [6.07, 6.45) is 2.16. The number of hydrogen-bond acceptors (Lipinski definition) is 1. The molecule has 1 aliphatic heterocycles. The highest BCUT2D eigenvalue weighted by atomic mass is 15.1. The zero-order chi connectivity index (χ0) is 14.2. The Bertz CT molecular complexity index is 768. The Balaban J connectivity index is 1.85. The van der Waals surface area contributed by atoms with E-state index in [1.165, 1.54) is 28.1 Å². The van der Waals surface area contributed by atoms with E-state index in [0.29, 0.717) is 0 Å². The van der Waals surface area contributed by atoms with Crippen molar-refractivity contribution in [2.45, 2.75) is 19.5 Å². The van der Waals surface area contributed by atoms with Crippen LogP contribution in [0.2, 0.25) is 0 Å². The average Bonchev–Trinajstić information content (AvgIpc) is 2.93. The van der Waals surface area contributed by atoms with Crippen LogP contribution in [-0.4, -0.2) is 4.57 Å². The molecule has 4 rings (SSSR count). The van der Waals surface area contributed by atoms with Crippen LogP contribution in [0.3, 0.4) is 0 Å². The van der Waals surface area contributed by atoms with E-state index in [1.54, 1.807) is 0 Å². The standard InChI is InChI=1S/C19H18N2/c1-14-8-10-15(11-9-14)19-18-7-4-12-21(18)17-6-3-2-5-16(17)13-20-19/h2-12,19-20H,13H2,1H3/t19-/m0/s1. The predicted octanol–water partition coefficient (Wildman–Crippen LogP) is 3.98. The van der Waals surface area contributed by atoms with Gasteiger partial charge in [-0.1, -0.05) is 48.0 Å². The molecule has 3 aromatic rings. The van der Waals surface area contributed by atoms with E-state index in [-0.39, 0.29) is 6.04 Å². The summed E-state index contributed by atoms with van der Waals surface area (Å²) in [4.78, 5) is 0. The van der Waals surface area contributed by atoms with E-state index in [1.807, 2.05) is 0 Å². The highest BCUT2D eigenvalue weighted by Crippen LogP contribution is 2.30. The van der Waals surface area contributed by atoms with E-state index in [4.69, 9.17) is 0 Å². The summed E-state index contributed by atoms with van der Waals surface area (Å²) in [5, 5.41) is 3.70. The lowest BCUT2D eigenvalue weighted by atomic mass is 10.0. The first-order valence-corrected chi connectivity index (χ1v) is 7.38. The van der Waals surface area contributed by atoms with Crippen LogP contribution >= 0.6 is 0 Å². The Kier molecular flexibility index (Phi) is 2.90. The summed E-state index contributed by atoms with van der Waals surface area (Å²) >= 11 is 0. The second-order valence-electron chi connectivity index (χ2n) is 5.66. The molecule has 0 bridgehead atoms. The zero-order valence-corrected chi connectivity index (χ0v) is 12.1. The summed E-state index contributed by atoms with van der Waals surface area (Å²) < 4.78 is 2.31. The van der Waals surface area contributed by atoms with E-state index in [2.05, 4.69) is 83.7 Å². The molecule has 2 heterocycles. The fraction of sp³-hybridized carbons (Fsp3) is 0.158. The quantitative estimate of drug-likeness (QED) is 0.710. The van der Waals surface area contributed by atoms with Gasteiger partial charge in [-0.3, -0.25) is 0 Å². The smallest absolute Gasteiger partial charge is 0.0737 e. The Morgan fingerprint density at radius 3 is 2.62 bits per heavy atom. The Labute approximate surface area is 125 Å². The van der Waals surface area contributed by atoms with E-state index < -0.39 is 0 Å². The van der Waals surface area contributed by atoms with Gasteiger partial charge in [0.1, 0.15) is 0 Å². The van der Waals surface area contributed by atoms with Crippen LogP contribution in [0, 0.1) is 6.92 Å². The minimum atomic E-state index is 0.230. The number of nitrogens with zero attached hydrogens (tertiary/aromatic N) is 1. The first-order chi connectivity index (χ1) is 10.3. The van der Waals surface area contributed by atoms with Crippen LogP contribution in [0.15, 0.2) is 66.9 Å². The lowest BCUT2D eigenvalue weighted by molar-refractivity contribution is 0.601. The zero-order valence-electron chi connectivity index (χ0n) is 12.1. The largest absolute Gasteiger partial charge is 0.319 e. The van der Waals surface area contributed by atoms with Crippen molar-refractivity contribution in [2.24, 2.45) is 0 Å². The second kappa shape index (κ2) is 4.90. The molecule has 21 heavy (non-hydrogen) atoms. The molecule has 0 saturated carbocycles. The Morgan fingerprint density at radius 1 is 0.952 bits per heavy atom. The molecule has 0 saturated heterocycles. The number of aryl methyl sites for hydroxylation is 1. The molecule has 1 aliphatic rings. The summed E-state index contributed by atoms with van der Waals surface area (Å²) in [6.45, 7) is 3.01. The molecule has 104 valence electrons. The molecule has 0 aliphatic carbocycles. The third kappa shape index (κ3) is 2.08. The third-order valence-electron chi connectivity index (χ3n) is 4.23. The van der Waals surface area contributed by atoms with Gasteiger partial charge in [0.2, 0.25) is 0 Å². The molecule has 1 atom stereocenters. The third-order valence-corrected chi connectivity index (χ3v) is 4.23. The number of fused-ring (bicyclic) bond motifs is 3. The summed E-state index contributed by atoms with van der Waals surface area (Å²) in [5.74, 6) is 0. The molecule has 0 unspecified atom stereocenters. The van der Waals surface area contributed by atoms with Crippen LogP contribution < -0.4 is 5.32 Å². The minimum Gasteiger partial charge on any atom is -0.319 e. The van der Waals surface area contributed by atoms with E-state index in [9.17, 15) is 0 Å². The molecule has 2 heteroatoms. The van der Waals surface area contributed by atoms with Gasteiger partial charge in [-0.15, -0.1) is 0 Å². The van der Waals surface area contributed by atoms with Crippen LogP contribution in [0.4, 0.5) is 0 Å². The second-order valence-corrected chi connectivity index (χ2v) is 5.66. The van der Waals surface area contributed by atoms with Gasteiger partial charge in [0, 0.05) is 24.1 Å². The van der Waals surface area contributed by atoms with Gasteiger partial charge in [0.25, 0.3) is 0 Å². The van der Waals surface area contributed by atoms with Crippen molar-refractivity contribution in [1.29, 1.82) is 0 Å². The number of para-hydroxylation sites is 1. The van der Waals surface area contributed by atoms with Gasteiger partial charge >= 0.3 is 0 Å². The lowest BCUT2D eigenvalue weighted by Gasteiger charge is -2.18. The number of benzene rings is 2. The molecule has 1 N–H and O–H groups in total. The van der Waals surface area contributed by atoms with Crippen LogP contribution in [0.1, 0.15) is 28.4 Å². The number of aromatic nitrogens is 1. The maximum Gasteiger partial charge on any atom is 0.0737 e. The summed E-state index contributed by atoms with van der Waals surface area (Å²) in [6, 6.07) is 22.0. The first kappa shape index (κ1) is 12.4. The van der Waals surface area contributed by atoms with Crippen molar-refractivity contribution >= 4 is 0 Å². The number of rotatable bonds is 1. The summed E-state index contributed by atoms with van der Waals surface area (Å²) in [7, 11) is 0. The van der Waals surface area contributed by atoms with Crippen LogP contribution in [-0.2, 0) is 6.54 Å². The van der Waals surface area contributed by atoms with Crippen LogP contribution in [0.5, 0.6) is 0 Å². The Morgan fingerprint density at radius 2 is 1.76 bits per heavy atom. The normalized spacial score (nSPS) is 16.9. The van der Waals surface area contributed by atoms with Crippen LogP contribution in [0.25, 0.3) is 5.69 Å². The lowest BCUT2D eigenvalue weighted by Crippen LogP contribution is -2.21. The van der Waals surface area contributed by atoms with Crippen molar-refractivity contribution < 1.29 is 0 Å². The molecular formula is C19H18N2. The van der Waals surface area contributed by atoms with Gasteiger partial charge in [0.05, 0.1) is 6.04 Å². The fourth-order valence-corrected chi connectivity index (χ4v) is 3.11. The predicted molar refractivity (Wildman–Crippen MR) is 85.6 cm³/mol. The van der Waals surface area contributed by atoms with Crippen molar-refractivity contribution in [3.63, 3.8) is 0 Å². The minimum absolute atomic E-state index is 0.230. The highest BCUT2D eigenvalue weighted by Gasteiger charge is 2.22. The van der Waals surface area contributed by atoms with Gasteiger partial charge in [-0.05, 0) is 36.2 Å². The molecule has 0 fully saturated rings. The number of nitrogens with one attached hydrogen (secondary N) is 1. The van der Waals surface area contributed by atoms with Gasteiger partial charge in [-0.25, -0.2) is 0 Å². The van der Waals surface area contributed by atoms with Gasteiger partial charge in [-0.2, -0.15) is 0 Å². The van der Waals surface area contributed by atoms with E-state index in [0.717, 1.165) is 6.54 Å². The highest BCUT2D eigenvalue weighted by molar-refractivity contribution is 5.46. The SMILES string of the molecule is Cc1ccc([C@@H]2NCc3ccccc3-n3cccc32)cc1. The molecule has 2 aromatic carbocycles. The topological polar surface area (TPSA) is 17.0 Å². The van der Waals surface area contributed by atoms with Crippen molar-refractivity contribution in [2.75, 3.05) is 0 Å². The van der Waals surface area contributed by atoms with Crippen molar-refractivity contribution in [1.82, 2.24) is 9.88 Å². The fourth-order valence-electron chi connectivity index (χ4n) is 3.11. The van der Waals surface area contributed by atoms with Crippen molar-refractivity contribution in [3.8, 4) is 5.69 Å². The maximum atomic E-state index is 3.70. The molecule has 2 nitrogen and oxygen atoms in total.